The lowest BCUT2D eigenvalue weighted by Crippen LogP contribution is -2.47. The molecule has 3 aromatic carbocycles. The normalized spacial score (nSPS) is 18.7. The molecule has 252 valence electrons. The van der Waals surface area contributed by atoms with E-state index in [1.54, 1.807) is 20.5 Å². The van der Waals surface area contributed by atoms with Gasteiger partial charge in [0.2, 0.25) is 0 Å². The van der Waals surface area contributed by atoms with Gasteiger partial charge in [-0.1, -0.05) is 75.4 Å². The molecular formula is C37H45N5O5Si. The second kappa shape index (κ2) is 13.3. The SMILES string of the molecule is COc1ccc(C(OC[C@H]2O[C@@H](n3cnc4c(N)ncnc43)CC2O[Si](C)(C)C(C)(C)C)(c2ccccc2)c2ccc(OC)cc2)cc1. The summed E-state index contributed by atoms with van der Waals surface area (Å²) in [6.07, 6.45) is 2.73. The molecule has 0 radical (unpaired) electrons. The van der Waals surface area contributed by atoms with Crippen molar-refractivity contribution in [2.75, 3.05) is 26.6 Å². The van der Waals surface area contributed by atoms with E-state index in [1.165, 1.54) is 6.33 Å². The summed E-state index contributed by atoms with van der Waals surface area (Å²) in [6.45, 7) is 11.5. The number of rotatable bonds is 11. The summed E-state index contributed by atoms with van der Waals surface area (Å²) in [5.74, 6) is 1.85. The predicted octanol–water partition coefficient (Wildman–Crippen LogP) is 7.11. The van der Waals surface area contributed by atoms with Crippen LogP contribution in [0.15, 0.2) is 91.5 Å². The maximum Gasteiger partial charge on any atom is 0.192 e. The van der Waals surface area contributed by atoms with E-state index in [9.17, 15) is 0 Å². The zero-order valence-corrected chi connectivity index (χ0v) is 29.7. The second-order valence-electron chi connectivity index (χ2n) is 13.7. The van der Waals surface area contributed by atoms with Gasteiger partial charge in [0, 0.05) is 6.42 Å². The van der Waals surface area contributed by atoms with Crippen molar-refractivity contribution in [3.05, 3.63) is 108 Å². The minimum atomic E-state index is -2.21. The fraction of sp³-hybridized carbons (Fsp3) is 0.378. The molecule has 1 aliphatic rings. The molecule has 1 fully saturated rings. The van der Waals surface area contributed by atoms with Crippen LogP contribution in [0.1, 0.15) is 50.1 Å². The van der Waals surface area contributed by atoms with Crippen LogP contribution >= 0.6 is 0 Å². The third-order valence-corrected chi connectivity index (χ3v) is 14.3. The van der Waals surface area contributed by atoms with Crippen LogP contribution in [-0.2, 0) is 19.5 Å². The lowest BCUT2D eigenvalue weighted by atomic mass is 9.80. The Labute approximate surface area is 283 Å². The molecule has 2 aromatic heterocycles. The first-order valence-corrected chi connectivity index (χ1v) is 19.1. The van der Waals surface area contributed by atoms with Crippen LogP contribution in [0.4, 0.5) is 5.82 Å². The van der Waals surface area contributed by atoms with E-state index in [0.717, 1.165) is 28.2 Å². The predicted molar refractivity (Wildman–Crippen MR) is 189 cm³/mol. The Bertz CT molecular complexity index is 1780. The number of nitrogens with zero attached hydrogens (tertiary/aromatic N) is 4. The Balaban J connectivity index is 1.43. The number of methoxy groups -OCH3 is 2. The summed E-state index contributed by atoms with van der Waals surface area (Å²) in [5.41, 5.74) is 9.17. The molecular weight excluding hydrogens is 623 g/mol. The van der Waals surface area contributed by atoms with Crippen molar-refractivity contribution in [2.24, 2.45) is 0 Å². The van der Waals surface area contributed by atoms with Gasteiger partial charge in [0.05, 0.1) is 33.3 Å². The molecule has 11 heteroatoms. The van der Waals surface area contributed by atoms with Gasteiger partial charge < -0.3 is 29.1 Å². The molecule has 0 saturated carbocycles. The molecule has 1 unspecified atom stereocenters. The van der Waals surface area contributed by atoms with E-state index in [-0.39, 0.29) is 24.0 Å². The molecule has 48 heavy (non-hydrogen) atoms. The van der Waals surface area contributed by atoms with Gasteiger partial charge in [0.15, 0.2) is 19.8 Å². The summed E-state index contributed by atoms with van der Waals surface area (Å²) in [7, 11) is 1.12. The van der Waals surface area contributed by atoms with E-state index in [0.29, 0.717) is 23.4 Å². The van der Waals surface area contributed by atoms with Crippen LogP contribution in [0.25, 0.3) is 11.2 Å². The average Bonchev–Trinajstić information content (AvgIpc) is 3.70. The summed E-state index contributed by atoms with van der Waals surface area (Å²) in [6, 6.07) is 26.3. The van der Waals surface area contributed by atoms with Crippen LogP contribution in [0, 0.1) is 0 Å². The highest BCUT2D eigenvalue weighted by Gasteiger charge is 2.47. The van der Waals surface area contributed by atoms with E-state index in [1.807, 2.05) is 47.0 Å². The van der Waals surface area contributed by atoms with Crippen LogP contribution in [0.3, 0.4) is 0 Å². The van der Waals surface area contributed by atoms with Gasteiger partial charge >= 0.3 is 0 Å². The number of hydrogen-bond donors (Lipinski definition) is 1. The molecule has 1 aliphatic heterocycles. The van der Waals surface area contributed by atoms with E-state index < -0.39 is 20.0 Å². The molecule has 2 N–H and O–H groups in total. The highest BCUT2D eigenvalue weighted by molar-refractivity contribution is 6.74. The molecule has 3 atom stereocenters. The number of hydrogen-bond acceptors (Lipinski definition) is 9. The van der Waals surface area contributed by atoms with Gasteiger partial charge in [0.1, 0.15) is 41.3 Å². The van der Waals surface area contributed by atoms with Crippen molar-refractivity contribution in [3.63, 3.8) is 0 Å². The van der Waals surface area contributed by atoms with Crippen LogP contribution < -0.4 is 15.2 Å². The van der Waals surface area contributed by atoms with Gasteiger partial charge in [0.25, 0.3) is 0 Å². The first kappa shape index (κ1) is 33.6. The van der Waals surface area contributed by atoms with Crippen molar-refractivity contribution in [3.8, 4) is 11.5 Å². The number of nitrogens with two attached hydrogens (primary N) is 1. The average molecular weight is 668 g/mol. The van der Waals surface area contributed by atoms with Crippen molar-refractivity contribution in [1.82, 2.24) is 19.5 Å². The van der Waals surface area contributed by atoms with Crippen LogP contribution in [-0.4, -0.2) is 60.9 Å². The molecule has 0 spiro atoms. The molecule has 3 heterocycles. The lowest BCUT2D eigenvalue weighted by molar-refractivity contribution is -0.0914. The first-order valence-electron chi connectivity index (χ1n) is 16.2. The molecule has 0 amide bonds. The third-order valence-electron chi connectivity index (χ3n) is 9.77. The van der Waals surface area contributed by atoms with Crippen LogP contribution in [0.5, 0.6) is 11.5 Å². The van der Waals surface area contributed by atoms with Gasteiger partial charge in [-0.15, -0.1) is 0 Å². The maximum absolute atomic E-state index is 7.28. The fourth-order valence-corrected chi connectivity index (χ4v) is 7.42. The van der Waals surface area contributed by atoms with E-state index >= 15 is 0 Å². The van der Waals surface area contributed by atoms with Gasteiger partial charge in [-0.05, 0) is 59.1 Å². The molecule has 0 aliphatic carbocycles. The Kier molecular flexibility index (Phi) is 9.32. The molecule has 1 saturated heterocycles. The Morgan fingerprint density at radius 3 is 1.98 bits per heavy atom. The zero-order chi connectivity index (χ0) is 34.1. The van der Waals surface area contributed by atoms with Crippen molar-refractivity contribution < 1.29 is 23.4 Å². The number of fused-ring (bicyclic) bond motifs is 1. The van der Waals surface area contributed by atoms with Crippen molar-refractivity contribution in [1.29, 1.82) is 0 Å². The third kappa shape index (κ3) is 6.30. The number of imidazole rings is 1. The minimum Gasteiger partial charge on any atom is -0.497 e. The quantitative estimate of drug-likeness (QED) is 0.116. The first-order chi connectivity index (χ1) is 23.0. The maximum atomic E-state index is 7.28. The number of aromatic nitrogens is 4. The smallest absolute Gasteiger partial charge is 0.192 e. The number of benzene rings is 3. The summed E-state index contributed by atoms with van der Waals surface area (Å²) >= 11 is 0. The number of anilines is 1. The Hall–Kier alpha value is -4.29. The zero-order valence-electron chi connectivity index (χ0n) is 28.7. The summed E-state index contributed by atoms with van der Waals surface area (Å²) in [4.78, 5) is 13.1. The number of ether oxygens (including phenoxy) is 4. The largest absolute Gasteiger partial charge is 0.497 e. The van der Waals surface area contributed by atoms with Gasteiger partial charge in [-0.3, -0.25) is 4.57 Å². The van der Waals surface area contributed by atoms with Crippen LogP contribution in [0.2, 0.25) is 18.1 Å². The van der Waals surface area contributed by atoms with Crippen molar-refractivity contribution in [2.45, 2.75) is 69.4 Å². The molecule has 5 aromatic rings. The second-order valence-corrected chi connectivity index (χ2v) is 18.4. The van der Waals surface area contributed by atoms with E-state index in [4.69, 9.17) is 29.1 Å². The lowest BCUT2D eigenvalue weighted by Gasteiger charge is -2.40. The standard InChI is InChI=1S/C37H45N5O5Si/c1-36(2,3)48(6,7)47-30-21-32(42-24-41-33-34(38)39-23-40-35(33)42)46-31(30)22-45-37(25-11-9-8-10-12-25,26-13-17-28(43-4)18-14-26)27-15-19-29(44-5)20-16-27/h8-20,23-24,30-32H,21-22H2,1-7H3,(H2,38,39,40)/t30?,31-,32-/m1/s1. The molecule has 10 nitrogen and oxygen atoms in total. The van der Waals surface area contributed by atoms with E-state index in [2.05, 4.69) is 85.2 Å². The summed E-state index contributed by atoms with van der Waals surface area (Å²) in [5, 5.41) is -0.000141. The van der Waals surface area contributed by atoms with Gasteiger partial charge in [-0.25, -0.2) is 15.0 Å². The Morgan fingerprint density at radius 1 is 0.833 bits per heavy atom. The summed E-state index contributed by atoms with van der Waals surface area (Å²) < 4.78 is 34.2. The number of nitrogen functional groups attached to an aromatic ring is 1. The Morgan fingerprint density at radius 2 is 1.42 bits per heavy atom. The highest BCUT2D eigenvalue weighted by atomic mass is 28.4. The highest BCUT2D eigenvalue weighted by Crippen LogP contribution is 2.45. The van der Waals surface area contributed by atoms with Crippen molar-refractivity contribution >= 4 is 25.3 Å². The molecule has 0 bridgehead atoms. The minimum absolute atomic E-state index is 0.000141. The topological polar surface area (TPSA) is 116 Å². The van der Waals surface area contributed by atoms with Gasteiger partial charge in [-0.2, -0.15) is 0 Å². The molecule has 6 rings (SSSR count). The monoisotopic (exact) mass is 667 g/mol. The fourth-order valence-electron chi connectivity index (χ4n) is 6.06.